The second-order valence-corrected chi connectivity index (χ2v) is 8.26. The van der Waals surface area contributed by atoms with Crippen molar-refractivity contribution in [2.75, 3.05) is 38.6 Å². The molecule has 1 aliphatic rings. The third-order valence-corrected chi connectivity index (χ3v) is 6.19. The van der Waals surface area contributed by atoms with Crippen LogP contribution < -0.4 is 10.1 Å². The molecule has 30 heavy (non-hydrogen) atoms. The van der Waals surface area contributed by atoms with Crippen LogP contribution in [0.15, 0.2) is 71.4 Å². The van der Waals surface area contributed by atoms with Gasteiger partial charge in [0.25, 0.3) is 0 Å². The first-order valence-corrected chi connectivity index (χ1v) is 11.1. The van der Waals surface area contributed by atoms with Crippen LogP contribution in [0, 0.1) is 0 Å². The van der Waals surface area contributed by atoms with Crippen LogP contribution in [0.3, 0.4) is 0 Å². The van der Waals surface area contributed by atoms with Crippen molar-refractivity contribution in [1.82, 2.24) is 9.80 Å². The minimum Gasteiger partial charge on any atom is -0.497 e. The van der Waals surface area contributed by atoms with Gasteiger partial charge in [0, 0.05) is 44.5 Å². The molecule has 1 saturated heterocycles. The number of benzene rings is 2. The molecular formula is C24H27N3O2S. The second-order valence-electron chi connectivity index (χ2n) is 7.48. The van der Waals surface area contributed by atoms with Gasteiger partial charge in [-0.05, 0) is 40.1 Å². The molecule has 3 aromatic rings. The van der Waals surface area contributed by atoms with E-state index < -0.39 is 0 Å². The first-order chi connectivity index (χ1) is 14.7. The Bertz CT molecular complexity index is 938. The number of anilines is 1. The summed E-state index contributed by atoms with van der Waals surface area (Å²) in [6.07, 6.45) is 0. The zero-order valence-electron chi connectivity index (χ0n) is 17.2. The minimum absolute atomic E-state index is 0.0132. The number of amides is 1. The third kappa shape index (κ3) is 5.08. The fraction of sp³-hybridized carbons (Fsp3) is 0.292. The quantitative estimate of drug-likeness (QED) is 0.619. The van der Waals surface area contributed by atoms with Gasteiger partial charge in [-0.25, -0.2) is 0 Å². The maximum Gasteiger partial charge on any atom is 0.246 e. The molecule has 4 rings (SSSR count). The highest BCUT2D eigenvalue weighted by Gasteiger charge is 2.30. The van der Waals surface area contributed by atoms with Gasteiger partial charge in [-0.2, -0.15) is 11.3 Å². The van der Waals surface area contributed by atoms with E-state index in [1.54, 1.807) is 18.4 Å². The molecule has 0 bridgehead atoms. The van der Waals surface area contributed by atoms with Gasteiger partial charge < -0.3 is 10.1 Å². The van der Waals surface area contributed by atoms with Gasteiger partial charge in [0.1, 0.15) is 11.8 Å². The van der Waals surface area contributed by atoms with E-state index in [1.807, 2.05) is 54.6 Å². The summed E-state index contributed by atoms with van der Waals surface area (Å²) in [5.41, 5.74) is 3.13. The lowest BCUT2D eigenvalue weighted by molar-refractivity contribution is -0.122. The van der Waals surface area contributed by atoms with E-state index in [0.717, 1.165) is 49.7 Å². The number of nitrogens with zero attached hydrogens (tertiary/aromatic N) is 2. The molecule has 1 N–H and O–H groups in total. The lowest BCUT2D eigenvalue weighted by atomic mass is 10.0. The van der Waals surface area contributed by atoms with Crippen molar-refractivity contribution < 1.29 is 9.53 Å². The highest BCUT2D eigenvalue weighted by atomic mass is 32.1. The Labute approximate surface area is 181 Å². The molecule has 0 radical (unpaired) electrons. The van der Waals surface area contributed by atoms with E-state index in [0.29, 0.717) is 0 Å². The van der Waals surface area contributed by atoms with Crippen molar-refractivity contribution >= 4 is 22.9 Å². The summed E-state index contributed by atoms with van der Waals surface area (Å²) < 4.78 is 5.29. The Morgan fingerprint density at radius 3 is 2.57 bits per heavy atom. The molecule has 0 spiro atoms. The van der Waals surface area contributed by atoms with E-state index in [9.17, 15) is 4.79 Å². The number of hydrogen-bond donors (Lipinski definition) is 1. The van der Waals surface area contributed by atoms with Crippen LogP contribution in [-0.4, -0.2) is 49.0 Å². The third-order valence-electron chi connectivity index (χ3n) is 5.46. The fourth-order valence-electron chi connectivity index (χ4n) is 3.90. The maximum absolute atomic E-state index is 13.3. The van der Waals surface area contributed by atoms with E-state index in [-0.39, 0.29) is 11.9 Å². The molecule has 2 heterocycles. The van der Waals surface area contributed by atoms with E-state index in [1.165, 1.54) is 5.56 Å². The van der Waals surface area contributed by atoms with E-state index in [4.69, 9.17) is 4.74 Å². The molecule has 0 aliphatic carbocycles. The van der Waals surface area contributed by atoms with E-state index in [2.05, 4.69) is 31.9 Å². The smallest absolute Gasteiger partial charge is 0.246 e. The van der Waals surface area contributed by atoms with Crippen molar-refractivity contribution in [1.29, 1.82) is 0 Å². The number of rotatable bonds is 7. The molecule has 1 atom stereocenters. The molecule has 1 unspecified atom stereocenters. The van der Waals surface area contributed by atoms with Gasteiger partial charge in [0.05, 0.1) is 7.11 Å². The first kappa shape index (κ1) is 20.6. The number of nitrogens with one attached hydrogen (secondary N) is 1. The Balaban J connectivity index is 1.47. The summed E-state index contributed by atoms with van der Waals surface area (Å²) in [7, 11) is 1.63. The van der Waals surface area contributed by atoms with Crippen LogP contribution in [0.5, 0.6) is 5.75 Å². The minimum atomic E-state index is -0.319. The topological polar surface area (TPSA) is 44.8 Å². The Morgan fingerprint density at radius 1 is 1.07 bits per heavy atom. The van der Waals surface area contributed by atoms with Crippen LogP contribution in [0.2, 0.25) is 0 Å². The molecule has 2 aromatic carbocycles. The summed E-state index contributed by atoms with van der Waals surface area (Å²) in [6, 6.07) is 19.4. The molecule has 1 amide bonds. The molecule has 1 aliphatic heterocycles. The number of ether oxygens (including phenoxy) is 1. The van der Waals surface area contributed by atoms with Crippen molar-refractivity contribution in [3.8, 4) is 5.75 Å². The van der Waals surface area contributed by atoms with Gasteiger partial charge >= 0.3 is 0 Å². The lowest BCUT2D eigenvalue weighted by Gasteiger charge is -2.38. The van der Waals surface area contributed by atoms with Crippen LogP contribution in [0.4, 0.5) is 5.69 Å². The van der Waals surface area contributed by atoms with Crippen LogP contribution in [0.25, 0.3) is 0 Å². The van der Waals surface area contributed by atoms with Crippen molar-refractivity contribution in [3.05, 3.63) is 82.6 Å². The highest BCUT2D eigenvalue weighted by Crippen LogP contribution is 2.26. The summed E-state index contributed by atoms with van der Waals surface area (Å²) in [5, 5.41) is 7.42. The molecule has 1 fully saturated rings. The number of piperazine rings is 1. The van der Waals surface area contributed by atoms with Gasteiger partial charge in [-0.3, -0.25) is 14.6 Å². The standard InChI is InChI=1S/C24H27N3O2S/c1-29-22-9-5-8-21(16-22)25-24(28)23(20-6-3-2-4-7-20)27-13-11-26(12-14-27)17-19-10-15-30-18-19/h2-10,15-16,18,23H,11-14,17H2,1H3,(H,25,28). The van der Waals surface area contributed by atoms with Gasteiger partial charge in [0.2, 0.25) is 5.91 Å². The molecule has 6 heteroatoms. The molecule has 1 aromatic heterocycles. The number of carbonyl (C=O) groups is 1. The number of thiophene rings is 1. The summed E-state index contributed by atoms with van der Waals surface area (Å²) in [4.78, 5) is 18.1. The summed E-state index contributed by atoms with van der Waals surface area (Å²) in [5.74, 6) is 0.715. The zero-order chi connectivity index (χ0) is 20.8. The monoisotopic (exact) mass is 421 g/mol. The van der Waals surface area contributed by atoms with Gasteiger partial charge in [-0.1, -0.05) is 36.4 Å². The molecule has 5 nitrogen and oxygen atoms in total. The molecular weight excluding hydrogens is 394 g/mol. The normalized spacial score (nSPS) is 16.2. The predicted octanol–water partition coefficient (Wildman–Crippen LogP) is 4.25. The Hall–Kier alpha value is -2.67. The summed E-state index contributed by atoms with van der Waals surface area (Å²) >= 11 is 1.74. The second kappa shape index (κ2) is 9.89. The summed E-state index contributed by atoms with van der Waals surface area (Å²) in [6.45, 7) is 4.59. The van der Waals surface area contributed by atoms with Crippen LogP contribution >= 0.6 is 11.3 Å². The Morgan fingerprint density at radius 2 is 1.87 bits per heavy atom. The van der Waals surface area contributed by atoms with Crippen LogP contribution in [-0.2, 0) is 11.3 Å². The van der Waals surface area contributed by atoms with Crippen molar-refractivity contribution in [2.24, 2.45) is 0 Å². The fourth-order valence-corrected chi connectivity index (χ4v) is 4.56. The average Bonchev–Trinajstić information content (AvgIpc) is 3.29. The molecule has 0 saturated carbocycles. The number of hydrogen-bond acceptors (Lipinski definition) is 5. The van der Waals surface area contributed by atoms with Crippen LogP contribution in [0.1, 0.15) is 17.2 Å². The van der Waals surface area contributed by atoms with Crippen molar-refractivity contribution in [2.45, 2.75) is 12.6 Å². The first-order valence-electron chi connectivity index (χ1n) is 10.2. The van der Waals surface area contributed by atoms with E-state index >= 15 is 0 Å². The largest absolute Gasteiger partial charge is 0.497 e. The lowest BCUT2D eigenvalue weighted by Crippen LogP contribution is -2.49. The predicted molar refractivity (Wildman–Crippen MR) is 122 cm³/mol. The average molecular weight is 422 g/mol. The zero-order valence-corrected chi connectivity index (χ0v) is 18.0. The Kier molecular flexibility index (Phi) is 6.79. The number of carbonyl (C=O) groups excluding carboxylic acids is 1. The molecule has 156 valence electrons. The number of methoxy groups -OCH3 is 1. The highest BCUT2D eigenvalue weighted by molar-refractivity contribution is 7.07. The SMILES string of the molecule is COc1cccc(NC(=O)C(c2ccccc2)N2CCN(Cc3ccsc3)CC2)c1. The maximum atomic E-state index is 13.3. The van der Waals surface area contributed by atoms with Gasteiger partial charge in [0.15, 0.2) is 0 Å². The van der Waals surface area contributed by atoms with Crippen molar-refractivity contribution in [3.63, 3.8) is 0 Å². The van der Waals surface area contributed by atoms with Gasteiger partial charge in [-0.15, -0.1) is 0 Å².